The molecule has 0 bridgehead atoms. The molecule has 0 heterocycles. The quantitative estimate of drug-likeness (QED) is 0.661. The minimum absolute atomic E-state index is 0.178. The lowest BCUT2D eigenvalue weighted by Gasteiger charge is -2.21. The van der Waals surface area contributed by atoms with E-state index in [0.717, 1.165) is 17.5 Å². The summed E-state index contributed by atoms with van der Waals surface area (Å²) < 4.78 is 0. The van der Waals surface area contributed by atoms with Gasteiger partial charge in [-0.15, -0.1) is 0 Å². The number of hydrogen-bond donors (Lipinski definition) is 0. The molecule has 0 aliphatic heterocycles. The molecule has 74 valence electrons. The fraction of sp³-hybridized carbons (Fsp3) is 0.364. The van der Waals surface area contributed by atoms with E-state index >= 15 is 0 Å². The van der Waals surface area contributed by atoms with Crippen LogP contribution >= 0.6 is 23.2 Å². The van der Waals surface area contributed by atoms with Gasteiger partial charge in [-0.3, -0.25) is 4.79 Å². The first kappa shape index (κ1) is 10.0. The zero-order chi connectivity index (χ0) is 10.3. The Balaban J connectivity index is 2.59. The lowest BCUT2D eigenvalue weighted by molar-refractivity contribution is 0.0953. The predicted octanol–water partition coefficient (Wildman–Crippen LogP) is 3.76. The summed E-state index contributed by atoms with van der Waals surface area (Å²) in [7, 11) is 0. The molecule has 3 heteroatoms. The highest BCUT2D eigenvalue weighted by atomic mass is 35.5. The van der Waals surface area contributed by atoms with Gasteiger partial charge in [0.05, 0.1) is 10.0 Å². The monoisotopic (exact) mass is 228 g/mol. The lowest BCUT2D eigenvalue weighted by Crippen LogP contribution is -2.18. The molecule has 0 amide bonds. The summed E-state index contributed by atoms with van der Waals surface area (Å²) in [5.74, 6) is 0.545. The lowest BCUT2D eigenvalue weighted by atomic mass is 9.84. The second-order valence-corrected chi connectivity index (χ2v) is 4.61. The van der Waals surface area contributed by atoms with Crippen LogP contribution in [0.4, 0.5) is 0 Å². The summed E-state index contributed by atoms with van der Waals surface area (Å²) in [5.41, 5.74) is 1.67. The van der Waals surface area contributed by atoms with Gasteiger partial charge in [0.1, 0.15) is 0 Å². The van der Waals surface area contributed by atoms with Crippen LogP contribution in [-0.4, -0.2) is 5.78 Å². The van der Waals surface area contributed by atoms with Crippen LogP contribution < -0.4 is 0 Å². The minimum Gasteiger partial charge on any atom is -0.294 e. The van der Waals surface area contributed by atoms with Gasteiger partial charge in [-0.05, 0) is 30.0 Å². The van der Waals surface area contributed by atoms with Crippen molar-refractivity contribution in [2.24, 2.45) is 5.92 Å². The molecule has 1 aliphatic rings. The molecule has 14 heavy (non-hydrogen) atoms. The van der Waals surface area contributed by atoms with Crippen molar-refractivity contribution in [3.8, 4) is 0 Å². The van der Waals surface area contributed by atoms with Gasteiger partial charge in [0.15, 0.2) is 5.78 Å². The molecule has 0 saturated heterocycles. The van der Waals surface area contributed by atoms with Crippen LogP contribution in [0.3, 0.4) is 0 Å². The molecule has 0 saturated carbocycles. The van der Waals surface area contributed by atoms with Crippen molar-refractivity contribution in [3.63, 3.8) is 0 Å². The second kappa shape index (κ2) is 3.56. The van der Waals surface area contributed by atoms with Crippen LogP contribution in [-0.2, 0) is 6.42 Å². The Kier molecular flexibility index (Phi) is 2.54. The Morgan fingerprint density at radius 1 is 1.29 bits per heavy atom. The first-order chi connectivity index (χ1) is 6.59. The third kappa shape index (κ3) is 1.55. The summed E-state index contributed by atoms with van der Waals surface area (Å²) >= 11 is 12.0. The highest BCUT2D eigenvalue weighted by Crippen LogP contribution is 2.34. The molecule has 0 aromatic heterocycles. The van der Waals surface area contributed by atoms with Gasteiger partial charge in [-0.2, -0.15) is 0 Å². The Labute approximate surface area is 93.0 Å². The molecular weight excluding hydrogens is 219 g/mol. The molecule has 1 aromatic carbocycles. The highest BCUT2D eigenvalue weighted by molar-refractivity contribution is 6.42. The highest BCUT2D eigenvalue weighted by Gasteiger charge is 2.24. The largest absolute Gasteiger partial charge is 0.294 e. The number of benzene rings is 1. The third-order valence-corrected chi connectivity index (χ3v) is 3.43. The molecule has 1 atom stereocenters. The van der Waals surface area contributed by atoms with Gasteiger partial charge in [0.25, 0.3) is 0 Å². The molecule has 0 radical (unpaired) electrons. The second-order valence-electron chi connectivity index (χ2n) is 3.82. The number of fused-ring (bicyclic) bond motifs is 1. The zero-order valence-corrected chi connectivity index (χ0v) is 9.32. The van der Waals surface area contributed by atoms with Crippen LogP contribution in [0.1, 0.15) is 29.3 Å². The number of hydrogen-bond acceptors (Lipinski definition) is 1. The summed E-state index contributed by atoms with van der Waals surface area (Å²) in [6.07, 6.45) is 1.46. The predicted molar refractivity (Wildman–Crippen MR) is 58.3 cm³/mol. The maximum Gasteiger partial charge on any atom is 0.163 e. The van der Waals surface area contributed by atoms with Gasteiger partial charge < -0.3 is 0 Å². The van der Waals surface area contributed by atoms with Crippen molar-refractivity contribution < 1.29 is 4.79 Å². The molecular formula is C11H10Cl2O. The van der Waals surface area contributed by atoms with E-state index in [9.17, 15) is 4.79 Å². The van der Waals surface area contributed by atoms with Gasteiger partial charge in [0.2, 0.25) is 0 Å². The van der Waals surface area contributed by atoms with Crippen molar-refractivity contribution in [3.05, 3.63) is 33.3 Å². The maximum absolute atomic E-state index is 11.7. The number of halogens is 2. The van der Waals surface area contributed by atoms with Crippen molar-refractivity contribution in [2.75, 3.05) is 0 Å². The van der Waals surface area contributed by atoms with Gasteiger partial charge >= 0.3 is 0 Å². The van der Waals surface area contributed by atoms with E-state index in [4.69, 9.17) is 23.2 Å². The van der Waals surface area contributed by atoms with Gasteiger partial charge in [0, 0.05) is 12.0 Å². The number of rotatable bonds is 0. The third-order valence-electron chi connectivity index (χ3n) is 2.58. The van der Waals surface area contributed by atoms with Crippen LogP contribution in [0.2, 0.25) is 10.0 Å². The molecule has 0 N–H and O–H groups in total. The van der Waals surface area contributed by atoms with E-state index < -0.39 is 0 Å². The summed E-state index contributed by atoms with van der Waals surface area (Å²) in [5, 5.41) is 1.08. The fourth-order valence-electron chi connectivity index (χ4n) is 1.90. The van der Waals surface area contributed by atoms with E-state index in [1.807, 2.05) is 0 Å². The summed E-state index contributed by atoms with van der Waals surface area (Å²) in [6, 6.07) is 3.47. The van der Waals surface area contributed by atoms with E-state index in [1.54, 1.807) is 12.1 Å². The Morgan fingerprint density at radius 2 is 2.00 bits per heavy atom. The first-order valence-electron chi connectivity index (χ1n) is 4.59. The molecule has 1 nitrogen and oxygen atoms in total. The summed E-state index contributed by atoms with van der Waals surface area (Å²) in [4.78, 5) is 11.7. The maximum atomic E-state index is 11.7. The van der Waals surface area contributed by atoms with Crippen molar-refractivity contribution in [2.45, 2.75) is 19.8 Å². The zero-order valence-electron chi connectivity index (χ0n) is 7.81. The van der Waals surface area contributed by atoms with Crippen LogP contribution in [0.15, 0.2) is 12.1 Å². The topological polar surface area (TPSA) is 17.1 Å². The average Bonchev–Trinajstić information content (AvgIpc) is 2.12. The van der Waals surface area contributed by atoms with E-state index in [-0.39, 0.29) is 5.78 Å². The van der Waals surface area contributed by atoms with Crippen LogP contribution in [0, 0.1) is 5.92 Å². The molecule has 0 fully saturated rings. The number of carbonyl (C=O) groups excluding carboxylic acids is 1. The van der Waals surface area contributed by atoms with Crippen LogP contribution in [0.25, 0.3) is 0 Å². The first-order valence-corrected chi connectivity index (χ1v) is 5.35. The number of carbonyl (C=O) groups is 1. The molecule has 2 rings (SSSR count). The van der Waals surface area contributed by atoms with Gasteiger partial charge in [-0.1, -0.05) is 30.1 Å². The standard InChI is InChI=1S/C11H10Cl2O/c1-6-4-8-7(10(14)5-6)2-3-9(12)11(8)13/h2-3,6H,4-5H2,1H3. The Morgan fingerprint density at radius 3 is 2.71 bits per heavy atom. The molecule has 1 aliphatic carbocycles. The minimum atomic E-state index is 0.178. The molecule has 0 spiro atoms. The summed E-state index contributed by atoms with van der Waals surface area (Å²) in [6.45, 7) is 2.05. The smallest absolute Gasteiger partial charge is 0.163 e. The van der Waals surface area contributed by atoms with Crippen molar-refractivity contribution in [1.82, 2.24) is 0 Å². The van der Waals surface area contributed by atoms with Crippen LogP contribution in [0.5, 0.6) is 0 Å². The Bertz CT molecular complexity index is 399. The number of ketones is 1. The normalized spacial score (nSPS) is 20.8. The SMILES string of the molecule is CC1CC(=O)c2ccc(Cl)c(Cl)c2C1. The average molecular weight is 229 g/mol. The van der Waals surface area contributed by atoms with E-state index in [1.165, 1.54) is 0 Å². The van der Waals surface area contributed by atoms with Crippen molar-refractivity contribution >= 4 is 29.0 Å². The number of Topliss-reactive ketones (excluding diaryl/α,β-unsaturated/α-hetero) is 1. The van der Waals surface area contributed by atoms with Gasteiger partial charge in [-0.25, -0.2) is 0 Å². The fourth-order valence-corrected chi connectivity index (χ4v) is 2.32. The molecule has 1 unspecified atom stereocenters. The van der Waals surface area contributed by atoms with E-state index in [0.29, 0.717) is 22.4 Å². The van der Waals surface area contributed by atoms with E-state index in [2.05, 4.69) is 6.92 Å². The molecule has 1 aromatic rings. The Hall–Kier alpha value is -0.530. The van der Waals surface area contributed by atoms with Crippen molar-refractivity contribution in [1.29, 1.82) is 0 Å².